The number of hydrogen-bond acceptors (Lipinski definition) is 3. The summed E-state index contributed by atoms with van der Waals surface area (Å²) in [6.07, 6.45) is 0. The summed E-state index contributed by atoms with van der Waals surface area (Å²) in [6.45, 7) is 2.39. The maximum atomic E-state index is 11.6. The Morgan fingerprint density at radius 3 is 2.88 bits per heavy atom. The van der Waals surface area contributed by atoms with E-state index in [0.29, 0.717) is 12.2 Å². The Morgan fingerprint density at radius 1 is 1.53 bits per heavy atom. The van der Waals surface area contributed by atoms with Gasteiger partial charge in [0.1, 0.15) is 0 Å². The van der Waals surface area contributed by atoms with Gasteiger partial charge in [0.05, 0.1) is 5.69 Å². The molecule has 4 nitrogen and oxygen atoms in total. The van der Waals surface area contributed by atoms with E-state index in [0.717, 1.165) is 9.37 Å². The molecule has 6 heteroatoms. The van der Waals surface area contributed by atoms with Crippen molar-refractivity contribution in [2.45, 2.75) is 17.1 Å². The van der Waals surface area contributed by atoms with E-state index in [-0.39, 0.29) is 5.25 Å². The Morgan fingerprint density at radius 2 is 2.24 bits per heavy atom. The van der Waals surface area contributed by atoms with E-state index in [9.17, 15) is 9.59 Å². The number of carboxylic acid groups (broad SMARTS) is 1. The SMILES string of the molecule is CC1CN(C(=O)C(=O)O)c2cc(Br)ccc2S1. The van der Waals surface area contributed by atoms with Gasteiger partial charge >= 0.3 is 11.9 Å². The second kappa shape index (κ2) is 4.70. The number of aliphatic carboxylic acids is 1. The lowest BCUT2D eigenvalue weighted by molar-refractivity contribution is -0.148. The molecule has 0 spiro atoms. The fourth-order valence-corrected chi connectivity index (χ4v) is 3.16. The van der Waals surface area contributed by atoms with E-state index in [1.165, 1.54) is 4.90 Å². The zero-order valence-corrected chi connectivity index (χ0v) is 11.4. The normalized spacial score (nSPS) is 18.7. The van der Waals surface area contributed by atoms with Crippen LogP contribution in [0.2, 0.25) is 0 Å². The number of amides is 1. The molecule has 0 fully saturated rings. The summed E-state index contributed by atoms with van der Waals surface area (Å²) < 4.78 is 0.828. The average Bonchev–Trinajstić information content (AvgIpc) is 2.27. The van der Waals surface area contributed by atoms with Gasteiger partial charge in [0, 0.05) is 21.2 Å². The number of nitrogens with zero attached hydrogens (tertiary/aromatic N) is 1. The third-order valence-electron chi connectivity index (χ3n) is 2.41. The molecule has 1 aromatic carbocycles. The monoisotopic (exact) mass is 315 g/mol. The van der Waals surface area contributed by atoms with Crippen molar-refractivity contribution in [2.24, 2.45) is 0 Å². The minimum atomic E-state index is -1.42. The molecular weight excluding hydrogens is 306 g/mol. The molecule has 0 aromatic heterocycles. The van der Waals surface area contributed by atoms with Crippen LogP contribution in [-0.4, -0.2) is 28.8 Å². The minimum absolute atomic E-state index is 0.187. The highest BCUT2D eigenvalue weighted by molar-refractivity contribution is 9.10. The van der Waals surface area contributed by atoms with Gasteiger partial charge in [-0.1, -0.05) is 22.9 Å². The van der Waals surface area contributed by atoms with Crippen LogP contribution in [0.5, 0.6) is 0 Å². The molecule has 0 saturated carbocycles. The Bertz CT molecular complexity index is 492. The lowest BCUT2D eigenvalue weighted by atomic mass is 10.2. The van der Waals surface area contributed by atoms with Crippen LogP contribution >= 0.6 is 27.7 Å². The van der Waals surface area contributed by atoms with Crippen molar-refractivity contribution < 1.29 is 14.7 Å². The average molecular weight is 316 g/mol. The van der Waals surface area contributed by atoms with Crippen LogP contribution in [-0.2, 0) is 9.59 Å². The van der Waals surface area contributed by atoms with Crippen LogP contribution in [0.15, 0.2) is 27.6 Å². The second-order valence-electron chi connectivity index (χ2n) is 3.76. The highest BCUT2D eigenvalue weighted by atomic mass is 79.9. The highest BCUT2D eigenvalue weighted by Gasteiger charge is 2.30. The molecule has 1 N–H and O–H groups in total. The molecule has 1 atom stereocenters. The number of fused-ring (bicyclic) bond motifs is 1. The second-order valence-corrected chi connectivity index (χ2v) is 6.16. The predicted molar refractivity (Wildman–Crippen MR) is 69.4 cm³/mol. The van der Waals surface area contributed by atoms with Crippen molar-refractivity contribution >= 4 is 45.3 Å². The van der Waals surface area contributed by atoms with E-state index in [4.69, 9.17) is 5.11 Å². The molecule has 0 radical (unpaired) electrons. The standard InChI is InChI=1S/C11H10BrNO3S/c1-6-5-13(10(14)11(15)16)8-4-7(12)2-3-9(8)17-6/h2-4,6H,5H2,1H3,(H,15,16). The number of halogens is 1. The Hall–Kier alpha value is -1.01. The summed E-state index contributed by atoms with van der Waals surface area (Å²) in [5, 5.41) is 8.99. The zero-order valence-electron chi connectivity index (χ0n) is 9.01. The lowest BCUT2D eigenvalue weighted by Gasteiger charge is -2.31. The van der Waals surface area contributed by atoms with Gasteiger partial charge in [0.2, 0.25) is 0 Å². The summed E-state index contributed by atoms with van der Waals surface area (Å²) in [5.74, 6) is -2.30. The van der Waals surface area contributed by atoms with Gasteiger partial charge in [0.15, 0.2) is 0 Å². The first-order chi connectivity index (χ1) is 7.99. The van der Waals surface area contributed by atoms with Crippen molar-refractivity contribution in [1.29, 1.82) is 0 Å². The molecule has 1 aliphatic heterocycles. The lowest BCUT2D eigenvalue weighted by Crippen LogP contribution is -2.42. The van der Waals surface area contributed by atoms with Crippen molar-refractivity contribution in [3.05, 3.63) is 22.7 Å². The predicted octanol–water partition coefficient (Wildman–Crippen LogP) is 2.36. The number of carbonyl (C=O) groups excluding carboxylic acids is 1. The maximum absolute atomic E-state index is 11.6. The van der Waals surface area contributed by atoms with Crippen molar-refractivity contribution in [3.63, 3.8) is 0 Å². The van der Waals surface area contributed by atoms with Crippen molar-refractivity contribution in [3.8, 4) is 0 Å². The molecule has 1 unspecified atom stereocenters. The molecule has 1 aromatic rings. The van der Waals surface area contributed by atoms with Crippen LogP contribution in [0.3, 0.4) is 0 Å². The smallest absolute Gasteiger partial charge is 0.394 e. The highest BCUT2D eigenvalue weighted by Crippen LogP contribution is 2.39. The largest absolute Gasteiger partial charge is 0.474 e. The summed E-state index contributed by atoms with van der Waals surface area (Å²) in [4.78, 5) is 24.7. The Labute approximate surface area is 111 Å². The molecule has 0 bridgehead atoms. The van der Waals surface area contributed by atoms with E-state index in [1.54, 1.807) is 17.8 Å². The van der Waals surface area contributed by atoms with Crippen LogP contribution in [0.1, 0.15) is 6.92 Å². The topological polar surface area (TPSA) is 57.6 Å². The maximum Gasteiger partial charge on any atom is 0.394 e. The molecule has 1 amide bonds. The van der Waals surface area contributed by atoms with Crippen LogP contribution in [0, 0.1) is 0 Å². The fourth-order valence-electron chi connectivity index (χ4n) is 1.72. The van der Waals surface area contributed by atoms with Gasteiger partial charge in [-0.3, -0.25) is 4.79 Å². The van der Waals surface area contributed by atoms with Gasteiger partial charge in [-0.25, -0.2) is 4.79 Å². The van der Waals surface area contributed by atoms with Crippen molar-refractivity contribution in [2.75, 3.05) is 11.4 Å². The number of anilines is 1. The van der Waals surface area contributed by atoms with Gasteiger partial charge in [-0.05, 0) is 18.2 Å². The number of rotatable bonds is 0. The first-order valence-electron chi connectivity index (χ1n) is 5.00. The summed E-state index contributed by atoms with van der Waals surface area (Å²) in [6, 6.07) is 5.55. The number of carboxylic acids is 1. The zero-order chi connectivity index (χ0) is 12.6. The number of thioether (sulfide) groups is 1. The van der Waals surface area contributed by atoms with Gasteiger partial charge in [-0.2, -0.15) is 0 Å². The first kappa shape index (κ1) is 12.4. The molecule has 1 heterocycles. The van der Waals surface area contributed by atoms with Gasteiger partial charge in [-0.15, -0.1) is 11.8 Å². The summed E-state index contributed by atoms with van der Waals surface area (Å²) >= 11 is 4.97. The van der Waals surface area contributed by atoms with E-state index in [2.05, 4.69) is 15.9 Å². The molecule has 0 aliphatic carbocycles. The van der Waals surface area contributed by atoms with Crippen molar-refractivity contribution in [1.82, 2.24) is 0 Å². The van der Waals surface area contributed by atoms with Crippen LogP contribution in [0.25, 0.3) is 0 Å². The van der Waals surface area contributed by atoms with Crippen LogP contribution < -0.4 is 4.90 Å². The van der Waals surface area contributed by atoms with Crippen LogP contribution in [0.4, 0.5) is 5.69 Å². The molecule has 2 rings (SSSR count). The third-order valence-corrected chi connectivity index (χ3v) is 4.05. The summed E-state index contributed by atoms with van der Waals surface area (Å²) in [7, 11) is 0. The third kappa shape index (κ3) is 2.47. The number of carbonyl (C=O) groups is 2. The quantitative estimate of drug-likeness (QED) is 0.747. The molecular formula is C11H10BrNO3S. The van der Waals surface area contributed by atoms with E-state index in [1.807, 2.05) is 19.1 Å². The van der Waals surface area contributed by atoms with Gasteiger partial charge in [0.25, 0.3) is 0 Å². The minimum Gasteiger partial charge on any atom is -0.474 e. The molecule has 1 aliphatic rings. The molecule has 0 saturated heterocycles. The van der Waals surface area contributed by atoms with E-state index >= 15 is 0 Å². The molecule has 17 heavy (non-hydrogen) atoms. The Kier molecular flexibility index (Phi) is 3.44. The first-order valence-corrected chi connectivity index (χ1v) is 6.67. The Balaban J connectivity index is 2.46. The summed E-state index contributed by atoms with van der Waals surface area (Å²) in [5.41, 5.74) is 0.662. The fraction of sp³-hybridized carbons (Fsp3) is 0.273. The number of hydrogen-bond donors (Lipinski definition) is 1. The number of benzene rings is 1. The van der Waals surface area contributed by atoms with Gasteiger partial charge < -0.3 is 10.0 Å². The van der Waals surface area contributed by atoms with E-state index < -0.39 is 11.9 Å². The molecule has 90 valence electrons.